The maximum Gasteiger partial charge on any atom is 0.250 e. The molecule has 0 aliphatic rings. The molecule has 0 amide bonds. The van der Waals surface area contributed by atoms with Crippen LogP contribution in [0.1, 0.15) is 23.1 Å². The molecule has 0 unspecified atom stereocenters. The van der Waals surface area contributed by atoms with E-state index in [0.717, 1.165) is 17.0 Å². The second-order valence-corrected chi connectivity index (χ2v) is 7.49. The van der Waals surface area contributed by atoms with Gasteiger partial charge in [-0.3, -0.25) is 0 Å². The molecule has 0 saturated heterocycles. The van der Waals surface area contributed by atoms with Gasteiger partial charge < -0.3 is 9.73 Å². The molecule has 0 bridgehead atoms. The summed E-state index contributed by atoms with van der Waals surface area (Å²) in [5.74, 6) is 0.592. The van der Waals surface area contributed by atoms with Crippen LogP contribution in [-0.4, -0.2) is 15.0 Å². The highest BCUT2D eigenvalue weighted by molar-refractivity contribution is 7.91. The Balaban J connectivity index is 2.09. The average molecular weight is 314 g/mol. The molecule has 0 spiro atoms. The zero-order valence-corrected chi connectivity index (χ0v) is 13.1. The van der Waals surface area contributed by atoms with Crippen molar-refractivity contribution in [1.29, 1.82) is 0 Å². The molecule has 0 radical (unpaired) electrons. The van der Waals surface area contributed by atoms with Crippen LogP contribution in [0.5, 0.6) is 0 Å². The van der Waals surface area contributed by atoms with Gasteiger partial charge in [0.25, 0.3) is 0 Å². The third-order valence-electron chi connectivity index (χ3n) is 2.81. The molecule has 5 nitrogen and oxygen atoms in total. The third kappa shape index (κ3) is 3.69. The first-order valence-corrected chi connectivity index (χ1v) is 8.65. The van der Waals surface area contributed by atoms with Crippen molar-refractivity contribution in [1.82, 2.24) is 10.0 Å². The van der Waals surface area contributed by atoms with Gasteiger partial charge in [0.05, 0.1) is 12.8 Å². The van der Waals surface area contributed by atoms with E-state index in [0.29, 0.717) is 16.5 Å². The lowest BCUT2D eigenvalue weighted by Gasteiger charge is -2.02. The molecule has 2 N–H and O–H groups in total. The van der Waals surface area contributed by atoms with Crippen molar-refractivity contribution < 1.29 is 12.8 Å². The number of rotatable bonds is 7. The summed E-state index contributed by atoms with van der Waals surface area (Å²) < 4.78 is 32.4. The highest BCUT2D eigenvalue weighted by Crippen LogP contribution is 2.26. The molecular formula is C13H18N2O3S2. The van der Waals surface area contributed by atoms with Crippen LogP contribution in [0.3, 0.4) is 0 Å². The van der Waals surface area contributed by atoms with Crippen molar-refractivity contribution in [3.8, 4) is 0 Å². The molecule has 7 heteroatoms. The number of hydrogen-bond donors (Lipinski definition) is 2. The minimum atomic E-state index is -3.48. The van der Waals surface area contributed by atoms with Gasteiger partial charge in [0.15, 0.2) is 0 Å². The molecule has 0 aliphatic carbocycles. The van der Waals surface area contributed by atoms with E-state index in [-0.39, 0.29) is 6.54 Å². The van der Waals surface area contributed by atoms with Gasteiger partial charge >= 0.3 is 0 Å². The fourth-order valence-corrected chi connectivity index (χ4v) is 4.28. The van der Waals surface area contributed by atoms with Gasteiger partial charge in [0.2, 0.25) is 10.0 Å². The Kier molecular flexibility index (Phi) is 4.98. The molecular weight excluding hydrogens is 296 g/mol. The number of nitrogens with one attached hydrogen (secondary N) is 2. The first kappa shape index (κ1) is 15.2. The molecule has 2 aromatic heterocycles. The van der Waals surface area contributed by atoms with Crippen molar-refractivity contribution in [3.63, 3.8) is 0 Å². The molecule has 2 aromatic rings. The van der Waals surface area contributed by atoms with Crippen LogP contribution in [-0.2, 0) is 23.1 Å². The summed E-state index contributed by atoms with van der Waals surface area (Å²) in [4.78, 5) is 1.05. The predicted molar refractivity (Wildman–Crippen MR) is 79.2 cm³/mol. The zero-order valence-electron chi connectivity index (χ0n) is 11.5. The minimum Gasteiger partial charge on any atom is -0.468 e. The monoisotopic (exact) mass is 314 g/mol. The molecule has 0 atom stereocenters. The van der Waals surface area contributed by atoms with E-state index in [2.05, 4.69) is 10.0 Å². The summed E-state index contributed by atoms with van der Waals surface area (Å²) >= 11 is 1.30. The van der Waals surface area contributed by atoms with Crippen LogP contribution in [0, 0.1) is 6.92 Å². The topological polar surface area (TPSA) is 71.3 Å². The third-order valence-corrected chi connectivity index (χ3v) is 5.93. The highest BCUT2D eigenvalue weighted by Gasteiger charge is 2.18. The first-order valence-electron chi connectivity index (χ1n) is 6.35. The van der Waals surface area contributed by atoms with Crippen molar-refractivity contribution in [2.75, 3.05) is 6.54 Å². The summed E-state index contributed by atoms with van der Waals surface area (Å²) in [7, 11) is -3.48. The van der Waals surface area contributed by atoms with Gasteiger partial charge in [-0.15, -0.1) is 11.3 Å². The molecule has 2 heterocycles. The first-order chi connectivity index (χ1) is 9.53. The summed E-state index contributed by atoms with van der Waals surface area (Å²) in [5, 5.41) is 3.20. The molecule has 2 rings (SSSR count). The van der Waals surface area contributed by atoms with E-state index in [1.807, 2.05) is 13.8 Å². The largest absolute Gasteiger partial charge is 0.468 e. The quantitative estimate of drug-likeness (QED) is 0.822. The average Bonchev–Trinajstić information content (AvgIpc) is 3.04. The van der Waals surface area contributed by atoms with Crippen LogP contribution in [0.25, 0.3) is 0 Å². The minimum absolute atomic E-state index is 0.162. The summed E-state index contributed by atoms with van der Waals surface area (Å²) in [6, 6.07) is 5.17. The fraction of sp³-hybridized carbons (Fsp3) is 0.385. The maximum atomic E-state index is 12.2. The highest BCUT2D eigenvalue weighted by atomic mass is 32.2. The molecule has 0 aliphatic heterocycles. The smallest absolute Gasteiger partial charge is 0.250 e. The molecule has 0 saturated carbocycles. The Bertz CT molecular complexity index is 645. The van der Waals surface area contributed by atoms with Gasteiger partial charge in [-0.05, 0) is 37.2 Å². The van der Waals surface area contributed by atoms with Gasteiger partial charge in [-0.1, -0.05) is 6.92 Å². The van der Waals surface area contributed by atoms with E-state index in [9.17, 15) is 8.42 Å². The van der Waals surface area contributed by atoms with Crippen LogP contribution in [0.2, 0.25) is 0 Å². The lowest BCUT2D eigenvalue weighted by molar-refractivity contribution is 0.499. The Morgan fingerprint density at radius 1 is 1.35 bits per heavy atom. The number of thiophene rings is 1. The Morgan fingerprint density at radius 3 is 2.80 bits per heavy atom. The van der Waals surface area contributed by atoms with Gasteiger partial charge in [0, 0.05) is 11.4 Å². The Labute approximate surface area is 123 Å². The van der Waals surface area contributed by atoms with E-state index in [1.54, 1.807) is 18.2 Å². The normalized spacial score (nSPS) is 11.9. The second kappa shape index (κ2) is 6.53. The molecule has 20 heavy (non-hydrogen) atoms. The number of aryl methyl sites for hydroxylation is 1. The van der Waals surface area contributed by atoms with E-state index in [1.165, 1.54) is 17.6 Å². The van der Waals surface area contributed by atoms with E-state index >= 15 is 0 Å². The maximum absolute atomic E-state index is 12.2. The van der Waals surface area contributed by atoms with Crippen molar-refractivity contribution in [2.45, 2.75) is 31.1 Å². The number of sulfonamides is 1. The van der Waals surface area contributed by atoms with E-state index < -0.39 is 10.0 Å². The van der Waals surface area contributed by atoms with Gasteiger partial charge in [-0.25, -0.2) is 13.1 Å². The van der Waals surface area contributed by atoms with Crippen molar-refractivity contribution >= 4 is 21.4 Å². The Hall–Kier alpha value is -1.15. The lowest BCUT2D eigenvalue weighted by Crippen LogP contribution is -2.22. The van der Waals surface area contributed by atoms with Crippen LogP contribution in [0.4, 0.5) is 0 Å². The SMILES string of the molecule is CCNCc1sc(S(=O)(=O)NCc2ccco2)cc1C. The van der Waals surface area contributed by atoms with Crippen LogP contribution < -0.4 is 10.0 Å². The Morgan fingerprint density at radius 2 is 2.15 bits per heavy atom. The summed E-state index contributed by atoms with van der Waals surface area (Å²) in [6.45, 7) is 5.66. The van der Waals surface area contributed by atoms with Crippen molar-refractivity contribution in [2.24, 2.45) is 0 Å². The standard InChI is InChI=1S/C13H18N2O3S2/c1-3-14-9-12-10(2)7-13(19-12)20(16,17)15-8-11-5-4-6-18-11/h4-7,14-15H,3,8-9H2,1-2H3. The zero-order chi connectivity index (χ0) is 14.6. The molecule has 0 fully saturated rings. The molecule has 110 valence electrons. The summed E-state index contributed by atoms with van der Waals surface area (Å²) in [6.07, 6.45) is 1.52. The second-order valence-electron chi connectivity index (χ2n) is 4.36. The van der Waals surface area contributed by atoms with Crippen LogP contribution >= 0.6 is 11.3 Å². The van der Waals surface area contributed by atoms with Gasteiger partial charge in [-0.2, -0.15) is 0 Å². The fourth-order valence-electron chi connectivity index (χ4n) is 1.69. The number of hydrogen-bond acceptors (Lipinski definition) is 5. The van der Waals surface area contributed by atoms with Crippen molar-refractivity contribution in [3.05, 3.63) is 40.7 Å². The summed E-state index contributed by atoms with van der Waals surface area (Å²) in [5.41, 5.74) is 0.995. The lowest BCUT2D eigenvalue weighted by atomic mass is 10.3. The number of furan rings is 1. The van der Waals surface area contributed by atoms with Gasteiger partial charge in [0.1, 0.15) is 9.97 Å². The molecule has 0 aromatic carbocycles. The van der Waals surface area contributed by atoms with E-state index in [4.69, 9.17) is 4.42 Å². The predicted octanol–water partition coefficient (Wildman–Crippen LogP) is 2.24. The van der Waals surface area contributed by atoms with Crippen LogP contribution in [0.15, 0.2) is 33.1 Å².